The fraction of sp³-hybridized carbons (Fsp3) is 0.414. The monoisotopic (exact) mass is 642 g/mol. The molecule has 4 heterocycles. The van der Waals surface area contributed by atoms with Crippen molar-refractivity contribution in [2.24, 2.45) is 0 Å². The number of aryl methyl sites for hydroxylation is 1. The van der Waals surface area contributed by atoms with Crippen LogP contribution < -0.4 is 25.6 Å². The number of hydrogen-bond donors (Lipinski definition) is 3. The van der Waals surface area contributed by atoms with Crippen LogP contribution in [0.5, 0.6) is 5.75 Å². The Morgan fingerprint density at radius 2 is 1.91 bits per heavy atom. The Bertz CT molecular complexity index is 1560. The van der Waals surface area contributed by atoms with E-state index < -0.39 is 47.4 Å². The van der Waals surface area contributed by atoms with Crippen LogP contribution in [0.15, 0.2) is 24.4 Å². The van der Waals surface area contributed by atoms with Gasteiger partial charge in [-0.05, 0) is 26.3 Å². The molecule has 2 fully saturated rings. The molecule has 13 nitrogen and oxygen atoms in total. The summed E-state index contributed by atoms with van der Waals surface area (Å²) in [6.07, 6.45) is 2.96. The maximum absolute atomic E-state index is 14.7. The van der Waals surface area contributed by atoms with E-state index in [1.54, 1.807) is 0 Å². The molecule has 0 bridgehead atoms. The van der Waals surface area contributed by atoms with E-state index in [0.29, 0.717) is 34.6 Å². The zero-order chi connectivity index (χ0) is 31.9. The summed E-state index contributed by atoms with van der Waals surface area (Å²) < 4.78 is 34.6. The molecule has 1 unspecified atom stereocenters. The summed E-state index contributed by atoms with van der Waals surface area (Å²) in [4.78, 5) is 64.7. The van der Waals surface area contributed by atoms with Gasteiger partial charge in [0.05, 0.1) is 17.0 Å². The number of rotatable bonds is 12. The van der Waals surface area contributed by atoms with Crippen molar-refractivity contribution in [3.63, 3.8) is 0 Å². The molecule has 3 N–H and O–H groups in total. The van der Waals surface area contributed by atoms with Gasteiger partial charge in [-0.1, -0.05) is 11.3 Å². The Labute approximate surface area is 261 Å². The molecule has 2 saturated heterocycles. The summed E-state index contributed by atoms with van der Waals surface area (Å²) in [6.45, 7) is 5.71. The van der Waals surface area contributed by atoms with Crippen LogP contribution in [0.1, 0.15) is 46.2 Å². The fourth-order valence-corrected chi connectivity index (χ4v) is 5.80. The van der Waals surface area contributed by atoms with Crippen molar-refractivity contribution >= 4 is 52.1 Å². The van der Waals surface area contributed by atoms with Gasteiger partial charge in [-0.3, -0.25) is 29.4 Å². The number of thiazole rings is 1. The molecule has 0 radical (unpaired) electrons. The lowest BCUT2D eigenvalue weighted by Crippen LogP contribution is -2.47. The zero-order valence-electron chi connectivity index (χ0n) is 24.5. The Hall–Kier alpha value is -4.57. The summed E-state index contributed by atoms with van der Waals surface area (Å²) in [6, 6.07) is 3.72. The first-order chi connectivity index (χ1) is 21.7. The van der Waals surface area contributed by atoms with E-state index in [0.717, 1.165) is 57.0 Å². The van der Waals surface area contributed by atoms with Crippen LogP contribution in [0.3, 0.4) is 0 Å². The minimum atomic E-state index is -1.11. The van der Waals surface area contributed by atoms with Crippen LogP contribution in [-0.2, 0) is 14.4 Å². The molecule has 3 aromatic rings. The van der Waals surface area contributed by atoms with Crippen LogP contribution in [0.25, 0.3) is 0 Å². The minimum absolute atomic E-state index is 0.00749. The maximum atomic E-state index is 14.7. The average molecular weight is 643 g/mol. The van der Waals surface area contributed by atoms with Gasteiger partial charge in [0.15, 0.2) is 18.0 Å². The lowest BCUT2D eigenvalue weighted by Gasteiger charge is -2.35. The van der Waals surface area contributed by atoms with E-state index >= 15 is 0 Å². The Kier molecular flexibility index (Phi) is 10.2. The second kappa shape index (κ2) is 14.5. The third kappa shape index (κ3) is 8.33. The van der Waals surface area contributed by atoms with Crippen LogP contribution >= 0.6 is 11.3 Å². The van der Waals surface area contributed by atoms with Gasteiger partial charge in [0.2, 0.25) is 11.8 Å². The molecule has 2 aromatic heterocycles. The molecule has 5 rings (SSSR count). The largest absolute Gasteiger partial charge is 0.484 e. The number of imide groups is 1. The standard InChI is InChI=1S/C29H32F2N8O5S/c1-17-34-23(36-29-33-14-19(15-40)45-29)13-24(35-17)39-9-7-38(8-10-39)6-2-5-32-26(42)16-44-18-11-21(30)27(22(31)12-18)20-3-4-25(41)37-28(20)43/h11-15,20H,2-10,16H2,1H3,(H,32,42)(H,37,41,43)(H,33,34,35,36). The van der Waals surface area contributed by atoms with Gasteiger partial charge in [-0.15, -0.1) is 0 Å². The molecule has 1 atom stereocenters. The smallest absolute Gasteiger partial charge is 0.257 e. The minimum Gasteiger partial charge on any atom is -0.484 e. The second-order valence-electron chi connectivity index (χ2n) is 10.6. The highest BCUT2D eigenvalue weighted by molar-refractivity contribution is 7.17. The number of benzene rings is 1. The van der Waals surface area contributed by atoms with Gasteiger partial charge >= 0.3 is 0 Å². The number of anilines is 3. The number of aromatic nitrogens is 3. The molecule has 2 aliphatic heterocycles. The number of amides is 3. The lowest BCUT2D eigenvalue weighted by atomic mass is 9.89. The number of carbonyl (C=O) groups is 4. The van der Waals surface area contributed by atoms with Gasteiger partial charge < -0.3 is 20.3 Å². The average Bonchev–Trinajstić information content (AvgIpc) is 3.46. The molecule has 3 amide bonds. The summed E-state index contributed by atoms with van der Waals surface area (Å²) in [7, 11) is 0. The van der Waals surface area contributed by atoms with Crippen molar-refractivity contribution in [3.05, 3.63) is 52.3 Å². The SMILES string of the molecule is Cc1nc(Nc2ncc(C=O)s2)cc(N2CCN(CCCNC(=O)COc3cc(F)c(C4CCC(=O)NC4=O)c(F)c3)CC2)n1. The molecule has 1 aromatic carbocycles. The van der Waals surface area contributed by atoms with E-state index in [2.05, 4.69) is 40.7 Å². The van der Waals surface area contributed by atoms with Crippen molar-refractivity contribution in [1.82, 2.24) is 30.5 Å². The van der Waals surface area contributed by atoms with Crippen molar-refractivity contribution < 1.29 is 32.7 Å². The lowest BCUT2D eigenvalue weighted by molar-refractivity contribution is -0.134. The second-order valence-corrected chi connectivity index (χ2v) is 11.7. The third-order valence-electron chi connectivity index (χ3n) is 7.38. The number of piperazine rings is 1. The molecule has 238 valence electrons. The third-order valence-corrected chi connectivity index (χ3v) is 8.22. The summed E-state index contributed by atoms with van der Waals surface area (Å²) in [5.41, 5.74) is -0.423. The number of halogens is 2. The zero-order valence-corrected chi connectivity index (χ0v) is 25.3. The molecule has 45 heavy (non-hydrogen) atoms. The number of piperidine rings is 1. The topological polar surface area (TPSA) is 159 Å². The van der Waals surface area contributed by atoms with Crippen LogP contribution in [0.2, 0.25) is 0 Å². The molecule has 0 spiro atoms. The first kappa shape index (κ1) is 31.8. The predicted octanol–water partition coefficient (Wildman–Crippen LogP) is 2.30. The van der Waals surface area contributed by atoms with E-state index in [1.807, 2.05) is 13.0 Å². The van der Waals surface area contributed by atoms with Gasteiger partial charge in [-0.2, -0.15) is 0 Å². The van der Waals surface area contributed by atoms with E-state index in [-0.39, 0.29) is 18.6 Å². The van der Waals surface area contributed by atoms with Crippen molar-refractivity contribution in [3.8, 4) is 5.75 Å². The number of ether oxygens (including phenoxy) is 1. The molecule has 0 saturated carbocycles. The number of hydrogen-bond acceptors (Lipinski definition) is 12. The van der Waals surface area contributed by atoms with Crippen molar-refractivity contribution in [2.75, 3.05) is 56.1 Å². The first-order valence-electron chi connectivity index (χ1n) is 14.4. The number of nitrogens with zero attached hydrogens (tertiary/aromatic N) is 5. The Balaban J connectivity index is 1.01. The predicted molar refractivity (Wildman–Crippen MR) is 161 cm³/mol. The highest BCUT2D eigenvalue weighted by Crippen LogP contribution is 2.32. The van der Waals surface area contributed by atoms with Gasteiger partial charge in [0.25, 0.3) is 5.91 Å². The highest BCUT2D eigenvalue weighted by atomic mass is 32.1. The summed E-state index contributed by atoms with van der Waals surface area (Å²) >= 11 is 1.24. The Morgan fingerprint density at radius 1 is 1.16 bits per heavy atom. The van der Waals surface area contributed by atoms with Crippen LogP contribution in [-0.4, -0.2) is 89.7 Å². The molecule has 0 aliphatic carbocycles. The fourth-order valence-electron chi connectivity index (χ4n) is 5.16. The molecular formula is C29H32F2N8O5S. The van der Waals surface area contributed by atoms with Gasteiger partial charge in [0.1, 0.15) is 34.8 Å². The van der Waals surface area contributed by atoms with Gasteiger partial charge in [0, 0.05) is 62.9 Å². The van der Waals surface area contributed by atoms with Crippen molar-refractivity contribution in [2.45, 2.75) is 32.1 Å². The molecular weight excluding hydrogens is 610 g/mol. The first-order valence-corrected chi connectivity index (χ1v) is 15.2. The van der Waals surface area contributed by atoms with Crippen LogP contribution in [0.4, 0.5) is 25.5 Å². The van der Waals surface area contributed by atoms with E-state index in [4.69, 9.17) is 4.74 Å². The normalized spacial score (nSPS) is 17.1. The van der Waals surface area contributed by atoms with E-state index in [1.165, 1.54) is 17.5 Å². The number of aldehydes is 1. The number of carbonyl (C=O) groups excluding carboxylic acids is 4. The van der Waals surface area contributed by atoms with Gasteiger partial charge in [-0.25, -0.2) is 23.7 Å². The maximum Gasteiger partial charge on any atom is 0.257 e. The molecule has 2 aliphatic rings. The summed E-state index contributed by atoms with van der Waals surface area (Å²) in [5.74, 6) is -2.87. The summed E-state index contributed by atoms with van der Waals surface area (Å²) in [5, 5.41) is 8.54. The number of nitrogens with one attached hydrogen (secondary N) is 3. The highest BCUT2D eigenvalue weighted by Gasteiger charge is 2.32. The van der Waals surface area contributed by atoms with E-state index in [9.17, 15) is 28.0 Å². The Morgan fingerprint density at radius 3 is 2.60 bits per heavy atom. The van der Waals surface area contributed by atoms with Crippen LogP contribution in [0, 0.1) is 18.6 Å². The quantitative estimate of drug-likeness (QED) is 0.151. The van der Waals surface area contributed by atoms with Crippen molar-refractivity contribution in [1.29, 1.82) is 0 Å². The molecule has 16 heteroatoms.